The molecule has 1 fully saturated rings. The number of rotatable bonds is 3. The first-order valence-electron chi connectivity index (χ1n) is 8.76. The molecule has 3 N–H and O–H groups in total. The van der Waals surface area contributed by atoms with Gasteiger partial charge in [-0.3, -0.25) is 9.59 Å². The number of amides is 2. The molecule has 5 nitrogen and oxygen atoms in total. The summed E-state index contributed by atoms with van der Waals surface area (Å²) >= 11 is 1.46. The number of anilines is 1. The lowest BCUT2D eigenvalue weighted by molar-refractivity contribution is -0.131. The van der Waals surface area contributed by atoms with Gasteiger partial charge in [-0.1, -0.05) is 42.5 Å². The summed E-state index contributed by atoms with van der Waals surface area (Å²) in [7, 11) is 0. The average molecular weight is 404 g/mol. The zero-order valence-electron chi connectivity index (χ0n) is 14.7. The third kappa shape index (κ3) is 4.13. The first kappa shape index (κ1) is 19.7. The Morgan fingerprint density at radius 3 is 2.59 bits per heavy atom. The largest absolute Gasteiger partial charge is 0.340 e. The number of likely N-dealkylation sites (tertiary alicyclic amines) is 1. The SMILES string of the molecule is Cl.N[C@@H]1CN(C(=O)CC2Sc3ccccc3NC2=O)C[C@H]1c1ccccc1. The molecule has 1 unspecified atom stereocenters. The fourth-order valence-corrected chi connectivity index (χ4v) is 4.70. The van der Waals surface area contributed by atoms with E-state index in [0.717, 1.165) is 16.1 Å². The lowest BCUT2D eigenvalue weighted by atomic mass is 9.95. The average Bonchev–Trinajstić information content (AvgIpc) is 3.05. The molecule has 0 bridgehead atoms. The minimum Gasteiger partial charge on any atom is -0.340 e. The molecule has 2 aliphatic heterocycles. The zero-order valence-corrected chi connectivity index (χ0v) is 16.3. The highest BCUT2D eigenvalue weighted by Gasteiger charge is 2.36. The first-order chi connectivity index (χ1) is 12.6. The van der Waals surface area contributed by atoms with Gasteiger partial charge in [0.2, 0.25) is 11.8 Å². The molecule has 0 spiro atoms. The Labute approximate surface area is 169 Å². The maximum absolute atomic E-state index is 12.8. The van der Waals surface area contributed by atoms with Gasteiger partial charge in [0.1, 0.15) is 0 Å². The molecule has 2 amide bonds. The fourth-order valence-electron chi connectivity index (χ4n) is 3.60. The van der Waals surface area contributed by atoms with Crippen LogP contribution in [0.5, 0.6) is 0 Å². The molecule has 142 valence electrons. The van der Waals surface area contributed by atoms with E-state index in [2.05, 4.69) is 17.4 Å². The van der Waals surface area contributed by atoms with Crippen molar-refractivity contribution in [2.24, 2.45) is 5.73 Å². The number of nitrogens with one attached hydrogen (secondary N) is 1. The third-order valence-corrected chi connectivity index (χ3v) is 6.29. The van der Waals surface area contributed by atoms with Crippen LogP contribution in [0, 0.1) is 0 Å². The van der Waals surface area contributed by atoms with Gasteiger partial charge in [0, 0.05) is 36.4 Å². The number of benzene rings is 2. The van der Waals surface area contributed by atoms with E-state index in [4.69, 9.17) is 5.73 Å². The van der Waals surface area contributed by atoms with Gasteiger partial charge in [0.05, 0.1) is 10.9 Å². The smallest absolute Gasteiger partial charge is 0.238 e. The van der Waals surface area contributed by atoms with Crippen LogP contribution in [-0.4, -0.2) is 41.1 Å². The Morgan fingerprint density at radius 1 is 1.11 bits per heavy atom. The minimum atomic E-state index is -0.399. The number of thioether (sulfide) groups is 1. The van der Waals surface area contributed by atoms with Crippen molar-refractivity contribution >= 4 is 41.7 Å². The van der Waals surface area contributed by atoms with Crippen LogP contribution in [0.15, 0.2) is 59.5 Å². The van der Waals surface area contributed by atoms with Gasteiger partial charge >= 0.3 is 0 Å². The summed E-state index contributed by atoms with van der Waals surface area (Å²) in [5.74, 6) is 0.0322. The van der Waals surface area contributed by atoms with Crippen LogP contribution in [-0.2, 0) is 9.59 Å². The topological polar surface area (TPSA) is 75.4 Å². The molecule has 0 aliphatic carbocycles. The molecule has 7 heteroatoms. The zero-order chi connectivity index (χ0) is 18.1. The van der Waals surface area contributed by atoms with Crippen molar-refractivity contribution in [3.8, 4) is 0 Å². The van der Waals surface area contributed by atoms with Crippen molar-refractivity contribution < 1.29 is 9.59 Å². The predicted octanol–water partition coefficient (Wildman–Crippen LogP) is 2.86. The van der Waals surface area contributed by atoms with E-state index in [1.807, 2.05) is 42.5 Å². The van der Waals surface area contributed by atoms with Crippen LogP contribution in [0.4, 0.5) is 5.69 Å². The molecule has 2 aromatic carbocycles. The molecule has 2 heterocycles. The molecular formula is C20H22ClN3O2S. The molecular weight excluding hydrogens is 382 g/mol. The van der Waals surface area contributed by atoms with Gasteiger partial charge in [-0.15, -0.1) is 24.2 Å². The molecule has 0 saturated carbocycles. The molecule has 4 rings (SSSR count). The number of carbonyl (C=O) groups excluding carboxylic acids is 2. The van der Waals surface area contributed by atoms with E-state index in [0.29, 0.717) is 13.1 Å². The van der Waals surface area contributed by atoms with Crippen LogP contribution in [0.2, 0.25) is 0 Å². The summed E-state index contributed by atoms with van der Waals surface area (Å²) in [6, 6.07) is 17.7. The summed E-state index contributed by atoms with van der Waals surface area (Å²) in [6.45, 7) is 1.15. The highest BCUT2D eigenvalue weighted by Crippen LogP contribution is 2.37. The van der Waals surface area contributed by atoms with Gasteiger partial charge in [0.25, 0.3) is 0 Å². The highest BCUT2D eigenvalue weighted by molar-refractivity contribution is 8.01. The van der Waals surface area contributed by atoms with E-state index in [9.17, 15) is 9.59 Å². The number of fused-ring (bicyclic) bond motifs is 1. The van der Waals surface area contributed by atoms with Gasteiger partial charge in [-0.2, -0.15) is 0 Å². The van der Waals surface area contributed by atoms with E-state index in [1.165, 1.54) is 11.8 Å². The van der Waals surface area contributed by atoms with Gasteiger partial charge in [-0.25, -0.2) is 0 Å². The molecule has 0 radical (unpaired) electrons. The van der Waals surface area contributed by atoms with Crippen molar-refractivity contribution in [2.45, 2.75) is 28.5 Å². The Morgan fingerprint density at radius 2 is 1.81 bits per heavy atom. The van der Waals surface area contributed by atoms with Crippen LogP contribution in [0.1, 0.15) is 17.9 Å². The summed E-state index contributed by atoms with van der Waals surface area (Å²) in [6.07, 6.45) is 0.194. The molecule has 27 heavy (non-hydrogen) atoms. The number of para-hydroxylation sites is 1. The normalized spacial score (nSPS) is 24.0. The van der Waals surface area contributed by atoms with E-state index < -0.39 is 5.25 Å². The predicted molar refractivity (Wildman–Crippen MR) is 110 cm³/mol. The van der Waals surface area contributed by atoms with Crippen molar-refractivity contribution in [3.63, 3.8) is 0 Å². The fraction of sp³-hybridized carbons (Fsp3) is 0.300. The van der Waals surface area contributed by atoms with Crippen molar-refractivity contribution in [1.29, 1.82) is 0 Å². The number of carbonyl (C=O) groups is 2. The monoisotopic (exact) mass is 403 g/mol. The Kier molecular flexibility index (Phi) is 6.09. The Balaban J connectivity index is 0.00000210. The van der Waals surface area contributed by atoms with Gasteiger partial charge in [0.15, 0.2) is 0 Å². The number of hydrogen-bond donors (Lipinski definition) is 2. The highest BCUT2D eigenvalue weighted by atomic mass is 35.5. The standard InChI is InChI=1S/C20H21N3O2S.ClH/c21-15-12-23(11-14(15)13-6-2-1-3-7-13)19(24)10-18-20(25)22-16-8-4-5-9-17(16)26-18;/h1-9,14-15,18H,10-12,21H2,(H,22,25);1H/t14-,15+,18?;/m0./s1. The summed E-state index contributed by atoms with van der Waals surface area (Å²) in [5.41, 5.74) is 8.26. The first-order valence-corrected chi connectivity index (χ1v) is 9.64. The molecule has 1 saturated heterocycles. The van der Waals surface area contributed by atoms with Crippen molar-refractivity contribution in [2.75, 3.05) is 18.4 Å². The van der Waals surface area contributed by atoms with Crippen LogP contribution >= 0.6 is 24.2 Å². The molecule has 3 atom stereocenters. The van der Waals surface area contributed by atoms with E-state index >= 15 is 0 Å². The summed E-state index contributed by atoms with van der Waals surface area (Å²) < 4.78 is 0. The number of nitrogens with two attached hydrogens (primary N) is 1. The minimum absolute atomic E-state index is 0. The Hall–Kier alpha value is -2.02. The third-order valence-electron chi connectivity index (χ3n) is 5.01. The number of nitrogens with zero attached hydrogens (tertiary/aromatic N) is 1. The van der Waals surface area contributed by atoms with Crippen LogP contribution in [0.25, 0.3) is 0 Å². The van der Waals surface area contributed by atoms with Gasteiger partial charge in [-0.05, 0) is 17.7 Å². The van der Waals surface area contributed by atoms with E-state index in [-0.39, 0.29) is 42.6 Å². The molecule has 0 aromatic heterocycles. The second-order valence-corrected chi connectivity index (χ2v) is 8.02. The number of hydrogen-bond acceptors (Lipinski definition) is 4. The second kappa shape index (κ2) is 8.33. The van der Waals surface area contributed by atoms with Gasteiger partial charge < -0.3 is 16.0 Å². The summed E-state index contributed by atoms with van der Waals surface area (Å²) in [4.78, 5) is 27.9. The van der Waals surface area contributed by atoms with Crippen LogP contribution in [0.3, 0.4) is 0 Å². The number of halogens is 1. The molecule has 2 aromatic rings. The summed E-state index contributed by atoms with van der Waals surface area (Å²) in [5, 5.41) is 2.50. The van der Waals surface area contributed by atoms with Crippen LogP contribution < -0.4 is 11.1 Å². The lowest BCUT2D eigenvalue weighted by Gasteiger charge is -2.25. The second-order valence-electron chi connectivity index (χ2n) is 6.78. The lowest BCUT2D eigenvalue weighted by Crippen LogP contribution is -2.37. The maximum atomic E-state index is 12.8. The van der Waals surface area contributed by atoms with Crippen molar-refractivity contribution in [1.82, 2.24) is 4.90 Å². The van der Waals surface area contributed by atoms with E-state index in [1.54, 1.807) is 4.90 Å². The molecule has 2 aliphatic rings. The quantitative estimate of drug-likeness (QED) is 0.826. The van der Waals surface area contributed by atoms with Crippen molar-refractivity contribution in [3.05, 3.63) is 60.2 Å². The Bertz CT molecular complexity index is 833. The maximum Gasteiger partial charge on any atom is 0.238 e.